The van der Waals surface area contributed by atoms with E-state index in [9.17, 15) is 18.0 Å². The fraction of sp³-hybridized carbons (Fsp3) is 0.125. The highest BCUT2D eigenvalue weighted by molar-refractivity contribution is 7.88. The molecule has 2 aromatic rings. The average Bonchev–Trinajstić information content (AvgIpc) is 2.46. The number of rotatable bonds is 5. The number of hydrogen-bond donors (Lipinski definition) is 2. The van der Waals surface area contributed by atoms with E-state index in [4.69, 9.17) is 5.14 Å². The number of nitrogens with one attached hydrogen (secondary N) is 1. The Balaban J connectivity index is 2.13. The molecule has 7 heteroatoms. The van der Waals surface area contributed by atoms with Crippen LogP contribution < -0.4 is 10.5 Å². The largest absolute Gasteiger partial charge is 0.322 e. The predicted molar refractivity (Wildman–Crippen MR) is 87.7 cm³/mol. The maximum Gasteiger partial charge on any atom is 0.255 e. The third kappa shape index (κ3) is 5.01. The van der Waals surface area contributed by atoms with Crippen LogP contribution in [0.15, 0.2) is 48.5 Å². The van der Waals surface area contributed by atoms with Crippen molar-refractivity contribution in [2.24, 2.45) is 5.14 Å². The Morgan fingerprint density at radius 3 is 2.22 bits per heavy atom. The molecular formula is C16H16N2O4S. The van der Waals surface area contributed by atoms with Crippen molar-refractivity contribution in [2.45, 2.75) is 12.7 Å². The van der Waals surface area contributed by atoms with Crippen LogP contribution in [0.5, 0.6) is 0 Å². The number of nitrogens with two attached hydrogens (primary N) is 1. The summed E-state index contributed by atoms with van der Waals surface area (Å²) in [6.07, 6.45) is 0. The van der Waals surface area contributed by atoms with E-state index in [0.29, 0.717) is 22.4 Å². The minimum Gasteiger partial charge on any atom is -0.322 e. The monoisotopic (exact) mass is 332 g/mol. The van der Waals surface area contributed by atoms with E-state index in [1.165, 1.54) is 6.92 Å². The molecule has 0 saturated carbocycles. The molecule has 0 aliphatic heterocycles. The summed E-state index contributed by atoms with van der Waals surface area (Å²) in [4.78, 5) is 23.4. The second-order valence-electron chi connectivity index (χ2n) is 5.10. The van der Waals surface area contributed by atoms with Gasteiger partial charge in [-0.3, -0.25) is 9.59 Å². The average molecular weight is 332 g/mol. The fourth-order valence-corrected chi connectivity index (χ4v) is 2.67. The van der Waals surface area contributed by atoms with Gasteiger partial charge in [0, 0.05) is 16.8 Å². The molecule has 0 radical (unpaired) electrons. The molecule has 2 rings (SSSR count). The molecule has 2 aromatic carbocycles. The van der Waals surface area contributed by atoms with Crippen molar-refractivity contribution < 1.29 is 18.0 Å². The van der Waals surface area contributed by atoms with Crippen molar-refractivity contribution in [1.82, 2.24) is 0 Å². The molecule has 0 spiro atoms. The third-order valence-corrected chi connectivity index (χ3v) is 3.84. The van der Waals surface area contributed by atoms with Crippen LogP contribution in [-0.4, -0.2) is 20.1 Å². The third-order valence-electron chi connectivity index (χ3n) is 3.11. The van der Waals surface area contributed by atoms with E-state index < -0.39 is 10.0 Å². The molecule has 0 bridgehead atoms. The van der Waals surface area contributed by atoms with Crippen LogP contribution in [0.1, 0.15) is 33.2 Å². The van der Waals surface area contributed by atoms with Gasteiger partial charge in [-0.05, 0) is 36.8 Å². The van der Waals surface area contributed by atoms with Crippen molar-refractivity contribution in [3.05, 3.63) is 65.2 Å². The SMILES string of the molecule is CC(=O)c1ccc(C(=O)Nc2cccc(CS(N)(=O)=O)c2)cc1. The van der Waals surface area contributed by atoms with E-state index in [2.05, 4.69) is 5.32 Å². The molecule has 0 aliphatic rings. The summed E-state index contributed by atoms with van der Waals surface area (Å²) in [6, 6.07) is 12.7. The summed E-state index contributed by atoms with van der Waals surface area (Å²) in [5.41, 5.74) is 1.87. The van der Waals surface area contributed by atoms with Gasteiger partial charge >= 0.3 is 0 Å². The van der Waals surface area contributed by atoms with E-state index in [0.717, 1.165) is 0 Å². The summed E-state index contributed by atoms with van der Waals surface area (Å²) >= 11 is 0. The molecule has 0 atom stereocenters. The van der Waals surface area contributed by atoms with Crippen LogP contribution in [-0.2, 0) is 15.8 Å². The van der Waals surface area contributed by atoms with Crippen molar-refractivity contribution in [1.29, 1.82) is 0 Å². The van der Waals surface area contributed by atoms with E-state index in [1.807, 2.05) is 0 Å². The Kier molecular flexibility index (Phi) is 4.92. The lowest BCUT2D eigenvalue weighted by Gasteiger charge is -2.07. The second-order valence-corrected chi connectivity index (χ2v) is 6.71. The molecule has 0 fully saturated rings. The molecule has 1 amide bonds. The molecule has 6 nitrogen and oxygen atoms in total. The lowest BCUT2D eigenvalue weighted by Crippen LogP contribution is -2.15. The number of sulfonamides is 1. The van der Waals surface area contributed by atoms with Gasteiger partial charge in [-0.2, -0.15) is 0 Å². The quantitative estimate of drug-likeness (QED) is 0.816. The Labute approximate surface area is 134 Å². The summed E-state index contributed by atoms with van der Waals surface area (Å²) in [7, 11) is -3.63. The topological polar surface area (TPSA) is 106 Å². The zero-order chi connectivity index (χ0) is 17.0. The summed E-state index contributed by atoms with van der Waals surface area (Å²) in [6.45, 7) is 1.45. The Morgan fingerprint density at radius 2 is 1.65 bits per heavy atom. The minimum absolute atomic E-state index is 0.0762. The van der Waals surface area contributed by atoms with E-state index in [1.54, 1.807) is 48.5 Å². The van der Waals surface area contributed by atoms with Crippen LogP contribution in [0, 0.1) is 0 Å². The lowest BCUT2D eigenvalue weighted by atomic mass is 10.1. The summed E-state index contributed by atoms with van der Waals surface area (Å²) < 4.78 is 22.2. The van der Waals surface area contributed by atoms with Crippen molar-refractivity contribution >= 4 is 27.4 Å². The van der Waals surface area contributed by atoms with Gasteiger partial charge in [0.25, 0.3) is 5.91 Å². The highest BCUT2D eigenvalue weighted by atomic mass is 32.2. The van der Waals surface area contributed by atoms with Crippen molar-refractivity contribution in [3.63, 3.8) is 0 Å². The molecule has 0 unspecified atom stereocenters. The van der Waals surface area contributed by atoms with Gasteiger partial charge < -0.3 is 5.32 Å². The number of carbonyl (C=O) groups excluding carboxylic acids is 2. The van der Waals surface area contributed by atoms with Crippen LogP contribution in [0.25, 0.3) is 0 Å². The number of primary sulfonamides is 1. The van der Waals surface area contributed by atoms with Gasteiger partial charge in [-0.15, -0.1) is 0 Å². The zero-order valence-corrected chi connectivity index (χ0v) is 13.3. The van der Waals surface area contributed by atoms with Crippen LogP contribution in [0.2, 0.25) is 0 Å². The molecular weight excluding hydrogens is 316 g/mol. The van der Waals surface area contributed by atoms with Crippen LogP contribution in [0.4, 0.5) is 5.69 Å². The van der Waals surface area contributed by atoms with Crippen molar-refractivity contribution in [3.8, 4) is 0 Å². The molecule has 120 valence electrons. The highest BCUT2D eigenvalue weighted by Crippen LogP contribution is 2.14. The standard InChI is InChI=1S/C16H16N2O4S/c1-11(19)13-5-7-14(8-6-13)16(20)18-15-4-2-3-12(9-15)10-23(17,21)22/h2-9H,10H2,1H3,(H,18,20)(H2,17,21,22). The first-order valence-corrected chi connectivity index (χ1v) is 8.48. The Bertz CT molecular complexity index is 843. The number of benzene rings is 2. The first-order valence-electron chi connectivity index (χ1n) is 6.76. The van der Waals surface area contributed by atoms with Crippen molar-refractivity contribution in [2.75, 3.05) is 5.32 Å². The number of hydrogen-bond acceptors (Lipinski definition) is 4. The molecule has 0 saturated heterocycles. The maximum absolute atomic E-state index is 12.2. The molecule has 0 aromatic heterocycles. The van der Waals surface area contributed by atoms with E-state index >= 15 is 0 Å². The second kappa shape index (κ2) is 6.72. The number of ketones is 1. The van der Waals surface area contributed by atoms with Gasteiger partial charge in [0.15, 0.2) is 5.78 Å². The van der Waals surface area contributed by atoms with Gasteiger partial charge in [0.1, 0.15) is 0 Å². The molecule has 3 N–H and O–H groups in total. The number of carbonyl (C=O) groups is 2. The van der Waals surface area contributed by atoms with Crippen LogP contribution >= 0.6 is 0 Å². The lowest BCUT2D eigenvalue weighted by molar-refractivity contribution is 0.101. The first-order chi connectivity index (χ1) is 10.7. The van der Waals surface area contributed by atoms with Gasteiger partial charge in [-0.25, -0.2) is 13.6 Å². The zero-order valence-electron chi connectivity index (χ0n) is 12.4. The predicted octanol–water partition coefficient (Wildman–Crippen LogP) is 1.93. The Morgan fingerprint density at radius 1 is 1.04 bits per heavy atom. The fourth-order valence-electron chi connectivity index (χ4n) is 2.03. The molecule has 23 heavy (non-hydrogen) atoms. The van der Waals surface area contributed by atoms with Gasteiger partial charge in [0.05, 0.1) is 5.75 Å². The summed E-state index contributed by atoms with van der Waals surface area (Å²) in [5.74, 6) is -0.732. The highest BCUT2D eigenvalue weighted by Gasteiger charge is 2.09. The Hall–Kier alpha value is -2.51. The van der Waals surface area contributed by atoms with E-state index in [-0.39, 0.29) is 17.4 Å². The normalized spacial score (nSPS) is 11.0. The van der Waals surface area contributed by atoms with Gasteiger partial charge in [0.2, 0.25) is 10.0 Å². The number of amides is 1. The molecule has 0 aliphatic carbocycles. The molecule has 0 heterocycles. The first kappa shape index (κ1) is 16.9. The number of Topliss-reactive ketones (excluding diaryl/α,β-unsaturated/α-hetero) is 1. The smallest absolute Gasteiger partial charge is 0.255 e. The minimum atomic E-state index is -3.63. The number of anilines is 1. The van der Waals surface area contributed by atoms with Gasteiger partial charge in [-0.1, -0.05) is 24.3 Å². The van der Waals surface area contributed by atoms with Crippen LogP contribution in [0.3, 0.4) is 0 Å². The maximum atomic E-state index is 12.2. The summed E-state index contributed by atoms with van der Waals surface area (Å²) in [5, 5.41) is 7.68.